The highest BCUT2D eigenvalue weighted by Gasteiger charge is 2.36. The second-order valence-electron chi connectivity index (χ2n) is 7.35. The first-order valence-corrected chi connectivity index (χ1v) is 11.3. The minimum atomic E-state index is -0.947. The minimum Gasteiger partial charge on any atom is -0.466 e. The molecule has 1 amide bonds. The number of carbonyl (C=O) groups is 2. The van der Waals surface area contributed by atoms with Crippen molar-refractivity contribution in [1.82, 2.24) is 5.32 Å². The van der Waals surface area contributed by atoms with E-state index in [2.05, 4.69) is 23.6 Å². The highest BCUT2D eigenvalue weighted by Crippen LogP contribution is 2.41. The molecule has 0 saturated heterocycles. The Kier molecular flexibility index (Phi) is 7.91. The highest BCUT2D eigenvalue weighted by atomic mass is 32.2. The molecule has 33 heavy (non-hydrogen) atoms. The number of allylic oxidation sites excluding steroid dienone is 2. The summed E-state index contributed by atoms with van der Waals surface area (Å²) in [6, 6.07) is 15.7. The van der Waals surface area contributed by atoms with Gasteiger partial charge in [0.05, 0.1) is 41.0 Å². The molecular weight excluding hydrogens is 441 g/mol. The van der Waals surface area contributed by atoms with Gasteiger partial charge in [0.15, 0.2) is 0 Å². The zero-order chi connectivity index (χ0) is 24.0. The summed E-state index contributed by atoms with van der Waals surface area (Å²) in [6.45, 7) is 3.71. The molecule has 0 bridgehead atoms. The summed E-state index contributed by atoms with van der Waals surface area (Å²) >= 11 is 1.12. The molecule has 8 heteroatoms. The first kappa shape index (κ1) is 24.1. The number of rotatable bonds is 7. The number of aryl methyl sites for hydroxylation is 1. The SMILES string of the molecule is CCc1ccc(NC(=O)CSC2=C(C#N)[C@@H](c3ccccc3F)C(C(=O)OC)=C(C)N2)cc1. The van der Waals surface area contributed by atoms with E-state index < -0.39 is 17.7 Å². The summed E-state index contributed by atoms with van der Waals surface area (Å²) in [4.78, 5) is 25.0. The van der Waals surface area contributed by atoms with E-state index in [4.69, 9.17) is 4.74 Å². The molecule has 0 aliphatic carbocycles. The predicted octanol–water partition coefficient (Wildman–Crippen LogP) is 4.63. The third-order valence-electron chi connectivity index (χ3n) is 5.26. The van der Waals surface area contributed by atoms with Crippen molar-refractivity contribution < 1.29 is 18.7 Å². The highest BCUT2D eigenvalue weighted by molar-refractivity contribution is 8.03. The topological polar surface area (TPSA) is 91.2 Å². The van der Waals surface area contributed by atoms with Crippen LogP contribution in [0.15, 0.2) is 70.4 Å². The molecule has 0 unspecified atom stereocenters. The quantitative estimate of drug-likeness (QED) is 0.580. The average molecular weight is 466 g/mol. The molecule has 0 spiro atoms. The number of halogens is 1. The number of nitrogens with zero attached hydrogens (tertiary/aromatic N) is 1. The second kappa shape index (κ2) is 10.8. The van der Waals surface area contributed by atoms with Crippen LogP contribution in [0.1, 0.15) is 30.9 Å². The van der Waals surface area contributed by atoms with Crippen LogP contribution in [0.2, 0.25) is 0 Å². The fraction of sp³-hybridized carbons (Fsp3) is 0.240. The standard InChI is InChI=1S/C25H24FN3O3S/c1-4-16-9-11-17(12-10-16)29-21(30)14-33-24-19(13-27)23(18-7-5-6-8-20(18)26)22(15(2)28-24)25(31)32-3/h5-12,23,28H,4,14H2,1-3H3,(H,29,30)/t23-/m1/s1. The van der Waals surface area contributed by atoms with Crippen molar-refractivity contribution in [3.63, 3.8) is 0 Å². The first-order chi connectivity index (χ1) is 15.9. The summed E-state index contributed by atoms with van der Waals surface area (Å²) < 4.78 is 19.6. The Hall–Kier alpha value is -3.57. The van der Waals surface area contributed by atoms with Crippen molar-refractivity contribution >= 4 is 29.3 Å². The first-order valence-electron chi connectivity index (χ1n) is 10.4. The van der Waals surface area contributed by atoms with Crippen LogP contribution < -0.4 is 10.6 Å². The molecule has 170 valence electrons. The number of carbonyl (C=O) groups excluding carboxylic acids is 2. The lowest BCUT2D eigenvalue weighted by atomic mass is 9.82. The van der Waals surface area contributed by atoms with Crippen molar-refractivity contribution in [1.29, 1.82) is 5.26 Å². The van der Waals surface area contributed by atoms with Gasteiger partial charge in [0.25, 0.3) is 0 Å². The van der Waals surface area contributed by atoms with Gasteiger partial charge in [-0.2, -0.15) is 5.26 Å². The Morgan fingerprint density at radius 2 is 1.91 bits per heavy atom. The molecule has 3 rings (SSSR count). The molecule has 1 aliphatic rings. The van der Waals surface area contributed by atoms with Crippen LogP contribution in [-0.2, 0) is 20.7 Å². The van der Waals surface area contributed by atoms with Crippen molar-refractivity contribution in [3.8, 4) is 6.07 Å². The Labute approximate surface area is 196 Å². The molecule has 1 aliphatic heterocycles. The van der Waals surface area contributed by atoms with Crippen LogP contribution >= 0.6 is 11.8 Å². The Balaban J connectivity index is 1.87. The smallest absolute Gasteiger partial charge is 0.336 e. The number of hydrogen-bond donors (Lipinski definition) is 2. The van der Waals surface area contributed by atoms with E-state index in [0.29, 0.717) is 16.4 Å². The molecular formula is C25H24FN3O3S. The summed E-state index contributed by atoms with van der Waals surface area (Å²) in [5.74, 6) is -2.37. The van der Waals surface area contributed by atoms with Gasteiger partial charge in [-0.1, -0.05) is 49.0 Å². The largest absolute Gasteiger partial charge is 0.466 e. The molecule has 0 aromatic heterocycles. The van der Waals surface area contributed by atoms with Crippen LogP contribution in [0.25, 0.3) is 0 Å². The Morgan fingerprint density at radius 3 is 2.52 bits per heavy atom. The van der Waals surface area contributed by atoms with Gasteiger partial charge >= 0.3 is 5.97 Å². The third-order valence-corrected chi connectivity index (χ3v) is 6.28. The molecule has 2 aromatic carbocycles. The number of ether oxygens (including phenoxy) is 1. The maximum Gasteiger partial charge on any atom is 0.336 e. The number of thioether (sulfide) groups is 1. The van der Waals surface area contributed by atoms with Crippen LogP contribution in [0.5, 0.6) is 0 Å². The van der Waals surface area contributed by atoms with Gasteiger partial charge in [0, 0.05) is 16.9 Å². The number of nitriles is 1. The van der Waals surface area contributed by atoms with E-state index in [-0.39, 0.29) is 28.4 Å². The van der Waals surface area contributed by atoms with Crippen LogP contribution in [-0.4, -0.2) is 24.7 Å². The molecule has 6 nitrogen and oxygen atoms in total. The fourth-order valence-electron chi connectivity index (χ4n) is 3.59. The summed E-state index contributed by atoms with van der Waals surface area (Å²) in [5, 5.41) is 16.2. The van der Waals surface area contributed by atoms with Gasteiger partial charge in [-0.25, -0.2) is 9.18 Å². The Morgan fingerprint density at radius 1 is 1.21 bits per heavy atom. The molecule has 2 N–H and O–H groups in total. The number of dihydropyridines is 1. The van der Waals surface area contributed by atoms with Crippen LogP contribution in [0.4, 0.5) is 10.1 Å². The number of methoxy groups -OCH3 is 1. The zero-order valence-electron chi connectivity index (χ0n) is 18.6. The van der Waals surface area contributed by atoms with Crippen LogP contribution in [0.3, 0.4) is 0 Å². The van der Waals surface area contributed by atoms with E-state index in [0.717, 1.165) is 18.2 Å². The second-order valence-corrected chi connectivity index (χ2v) is 8.34. The maximum atomic E-state index is 14.7. The lowest BCUT2D eigenvalue weighted by Crippen LogP contribution is -2.29. The number of esters is 1. The molecule has 0 fully saturated rings. The molecule has 2 aromatic rings. The molecule has 0 radical (unpaired) electrons. The maximum absolute atomic E-state index is 14.7. The van der Waals surface area contributed by atoms with E-state index in [1.165, 1.54) is 30.9 Å². The summed E-state index contributed by atoms with van der Waals surface area (Å²) in [7, 11) is 1.23. The monoisotopic (exact) mass is 465 g/mol. The van der Waals surface area contributed by atoms with E-state index >= 15 is 0 Å². The molecule has 1 heterocycles. The van der Waals surface area contributed by atoms with Gasteiger partial charge in [0.1, 0.15) is 5.82 Å². The lowest BCUT2D eigenvalue weighted by molar-refractivity contribution is -0.136. The zero-order valence-corrected chi connectivity index (χ0v) is 19.4. The summed E-state index contributed by atoms with van der Waals surface area (Å²) in [5.41, 5.74) is 2.78. The van der Waals surface area contributed by atoms with Gasteiger partial charge in [-0.05, 0) is 37.1 Å². The number of anilines is 1. The number of nitrogens with one attached hydrogen (secondary N) is 2. The van der Waals surface area contributed by atoms with Crippen LogP contribution in [0, 0.1) is 17.1 Å². The van der Waals surface area contributed by atoms with Gasteiger partial charge in [0.2, 0.25) is 5.91 Å². The number of benzene rings is 2. The van der Waals surface area contributed by atoms with Crippen molar-refractivity contribution in [2.45, 2.75) is 26.2 Å². The van der Waals surface area contributed by atoms with E-state index in [9.17, 15) is 19.2 Å². The number of amides is 1. The van der Waals surface area contributed by atoms with E-state index in [1.807, 2.05) is 24.3 Å². The molecule has 0 saturated carbocycles. The van der Waals surface area contributed by atoms with Gasteiger partial charge in [-0.3, -0.25) is 4.79 Å². The third kappa shape index (κ3) is 5.44. The van der Waals surface area contributed by atoms with Gasteiger partial charge < -0.3 is 15.4 Å². The van der Waals surface area contributed by atoms with Crippen molar-refractivity contribution in [2.75, 3.05) is 18.2 Å². The van der Waals surface area contributed by atoms with Crippen molar-refractivity contribution in [3.05, 3.63) is 87.3 Å². The fourth-order valence-corrected chi connectivity index (χ4v) is 4.48. The molecule has 1 atom stereocenters. The average Bonchev–Trinajstić information content (AvgIpc) is 2.82. The normalized spacial score (nSPS) is 15.5. The Bertz CT molecular complexity index is 1170. The van der Waals surface area contributed by atoms with Crippen molar-refractivity contribution in [2.24, 2.45) is 0 Å². The van der Waals surface area contributed by atoms with E-state index in [1.54, 1.807) is 13.0 Å². The minimum absolute atomic E-state index is 0.0217. The number of hydrogen-bond acceptors (Lipinski definition) is 6. The summed E-state index contributed by atoms with van der Waals surface area (Å²) in [6.07, 6.45) is 0.907. The predicted molar refractivity (Wildman–Crippen MR) is 127 cm³/mol. The van der Waals surface area contributed by atoms with Gasteiger partial charge in [-0.15, -0.1) is 0 Å². The lowest BCUT2D eigenvalue weighted by Gasteiger charge is -2.29.